The summed E-state index contributed by atoms with van der Waals surface area (Å²) >= 11 is 0. The highest BCUT2D eigenvalue weighted by Crippen LogP contribution is 2.44. The van der Waals surface area contributed by atoms with E-state index in [0.717, 1.165) is 36.8 Å². The average molecular weight is 479 g/mol. The number of carboxylic acid groups (broad SMARTS) is 1. The standard InChI is InChI=1S/C28H34N2O5/c1-2-3-8-19(15-27(32)33)29-26(31)16-25(18-13-14-18)30-28(34)35-17-24-22-11-6-4-9-20(22)21-10-5-7-12-23(21)24/h4-7,9-12,18-19,24-25H,2-3,8,13-17H2,1H3,(H,29,31)(H,30,34)(H,32,33). The molecule has 1 fully saturated rings. The van der Waals surface area contributed by atoms with Gasteiger partial charge in [0.25, 0.3) is 0 Å². The Morgan fingerprint density at radius 3 is 2.17 bits per heavy atom. The fourth-order valence-electron chi connectivity index (χ4n) is 5.00. The third-order valence-corrected chi connectivity index (χ3v) is 6.94. The fraction of sp³-hybridized carbons (Fsp3) is 0.464. The molecule has 0 heterocycles. The van der Waals surface area contributed by atoms with Crippen molar-refractivity contribution in [3.63, 3.8) is 0 Å². The number of ether oxygens (including phenoxy) is 1. The number of fused-ring (bicyclic) bond motifs is 3. The zero-order valence-electron chi connectivity index (χ0n) is 20.2. The molecule has 2 atom stereocenters. The Hall–Kier alpha value is -3.35. The summed E-state index contributed by atoms with van der Waals surface area (Å²) in [6, 6.07) is 15.6. The number of rotatable bonds is 12. The monoisotopic (exact) mass is 478 g/mol. The van der Waals surface area contributed by atoms with Crippen LogP contribution in [0.1, 0.15) is 68.9 Å². The van der Waals surface area contributed by atoms with E-state index < -0.39 is 18.1 Å². The van der Waals surface area contributed by atoms with E-state index in [9.17, 15) is 14.4 Å². The molecule has 0 bridgehead atoms. The van der Waals surface area contributed by atoms with Gasteiger partial charge in [0.15, 0.2) is 0 Å². The minimum atomic E-state index is -0.929. The van der Waals surface area contributed by atoms with Crippen LogP contribution in [0, 0.1) is 5.92 Å². The minimum absolute atomic E-state index is 0.0221. The summed E-state index contributed by atoms with van der Waals surface area (Å²) in [5.41, 5.74) is 4.64. The van der Waals surface area contributed by atoms with Gasteiger partial charge in [-0.3, -0.25) is 9.59 Å². The van der Waals surface area contributed by atoms with E-state index >= 15 is 0 Å². The van der Waals surface area contributed by atoms with Crippen LogP contribution in [0.25, 0.3) is 11.1 Å². The fourth-order valence-corrected chi connectivity index (χ4v) is 5.00. The zero-order valence-corrected chi connectivity index (χ0v) is 20.2. The molecule has 0 spiro atoms. The number of alkyl carbamates (subject to hydrolysis) is 1. The second kappa shape index (κ2) is 11.4. The molecule has 0 radical (unpaired) electrons. The lowest BCUT2D eigenvalue weighted by Crippen LogP contribution is -2.43. The Bertz CT molecular complexity index is 1020. The summed E-state index contributed by atoms with van der Waals surface area (Å²) in [7, 11) is 0. The maximum absolute atomic E-state index is 12.7. The Morgan fingerprint density at radius 2 is 1.60 bits per heavy atom. The summed E-state index contributed by atoms with van der Waals surface area (Å²) in [5.74, 6) is -0.939. The van der Waals surface area contributed by atoms with Crippen molar-refractivity contribution in [2.75, 3.05) is 6.61 Å². The van der Waals surface area contributed by atoms with Crippen molar-refractivity contribution in [3.8, 4) is 11.1 Å². The number of benzene rings is 2. The summed E-state index contributed by atoms with van der Waals surface area (Å²) in [5, 5.41) is 14.9. The van der Waals surface area contributed by atoms with Gasteiger partial charge in [0.2, 0.25) is 5.91 Å². The summed E-state index contributed by atoms with van der Waals surface area (Å²) in [6.45, 7) is 2.25. The molecule has 2 amide bonds. The van der Waals surface area contributed by atoms with E-state index in [1.54, 1.807) is 0 Å². The Labute approximate surface area is 206 Å². The third kappa shape index (κ3) is 6.41. The van der Waals surface area contributed by atoms with Crippen molar-refractivity contribution in [2.45, 2.75) is 69.9 Å². The van der Waals surface area contributed by atoms with E-state index in [-0.39, 0.29) is 43.2 Å². The van der Waals surface area contributed by atoms with Crippen LogP contribution in [-0.4, -0.2) is 41.8 Å². The third-order valence-electron chi connectivity index (χ3n) is 6.94. The van der Waals surface area contributed by atoms with Crippen LogP contribution in [0.3, 0.4) is 0 Å². The molecule has 3 N–H and O–H groups in total. The van der Waals surface area contributed by atoms with Crippen molar-refractivity contribution in [1.29, 1.82) is 0 Å². The molecule has 2 aromatic carbocycles. The molecular formula is C28H34N2O5. The first-order valence-electron chi connectivity index (χ1n) is 12.6. The number of aliphatic carboxylic acids is 1. The first-order chi connectivity index (χ1) is 17.0. The highest BCUT2D eigenvalue weighted by Gasteiger charge is 2.35. The maximum atomic E-state index is 12.7. The molecule has 2 aromatic rings. The van der Waals surface area contributed by atoms with Gasteiger partial charge in [-0.25, -0.2) is 4.79 Å². The highest BCUT2D eigenvalue weighted by atomic mass is 16.5. The lowest BCUT2D eigenvalue weighted by Gasteiger charge is -2.21. The average Bonchev–Trinajstić information content (AvgIpc) is 3.63. The van der Waals surface area contributed by atoms with Gasteiger partial charge in [-0.1, -0.05) is 68.3 Å². The Kier molecular flexibility index (Phi) is 8.06. The van der Waals surface area contributed by atoms with Crippen LogP contribution in [0.2, 0.25) is 0 Å². The van der Waals surface area contributed by atoms with E-state index in [4.69, 9.17) is 9.84 Å². The van der Waals surface area contributed by atoms with E-state index in [0.29, 0.717) is 6.42 Å². The van der Waals surface area contributed by atoms with Crippen LogP contribution in [0.15, 0.2) is 48.5 Å². The van der Waals surface area contributed by atoms with Crippen LogP contribution >= 0.6 is 0 Å². The molecule has 4 rings (SSSR count). The quantitative estimate of drug-likeness (QED) is 0.405. The number of amides is 2. The van der Waals surface area contributed by atoms with Crippen molar-refractivity contribution in [2.24, 2.45) is 5.92 Å². The van der Waals surface area contributed by atoms with Gasteiger partial charge in [0.05, 0.1) is 6.42 Å². The lowest BCUT2D eigenvalue weighted by atomic mass is 9.98. The normalized spacial score (nSPS) is 16.0. The lowest BCUT2D eigenvalue weighted by molar-refractivity contribution is -0.137. The predicted octanol–water partition coefficient (Wildman–Crippen LogP) is 4.84. The predicted molar refractivity (Wildman–Crippen MR) is 133 cm³/mol. The van der Waals surface area contributed by atoms with Gasteiger partial charge in [-0.15, -0.1) is 0 Å². The van der Waals surface area contributed by atoms with E-state index in [2.05, 4.69) is 34.9 Å². The molecule has 7 heteroatoms. The molecule has 7 nitrogen and oxygen atoms in total. The van der Waals surface area contributed by atoms with Crippen LogP contribution in [-0.2, 0) is 14.3 Å². The second-order valence-electron chi connectivity index (χ2n) is 9.62. The molecule has 0 aliphatic heterocycles. The number of hydrogen-bond donors (Lipinski definition) is 3. The molecule has 35 heavy (non-hydrogen) atoms. The van der Waals surface area contributed by atoms with E-state index in [1.165, 1.54) is 11.1 Å². The van der Waals surface area contributed by atoms with E-state index in [1.807, 2.05) is 31.2 Å². The number of carboxylic acids is 1. The molecule has 2 aliphatic carbocycles. The molecule has 2 aliphatic rings. The largest absolute Gasteiger partial charge is 0.481 e. The van der Waals surface area contributed by atoms with Crippen molar-refractivity contribution >= 4 is 18.0 Å². The maximum Gasteiger partial charge on any atom is 0.407 e. The van der Waals surface area contributed by atoms with Gasteiger partial charge < -0.3 is 20.5 Å². The van der Waals surface area contributed by atoms with Gasteiger partial charge in [-0.2, -0.15) is 0 Å². The van der Waals surface area contributed by atoms with Gasteiger partial charge in [0, 0.05) is 24.4 Å². The molecule has 0 saturated heterocycles. The summed E-state index contributed by atoms with van der Waals surface area (Å²) < 4.78 is 5.66. The van der Waals surface area contributed by atoms with Gasteiger partial charge in [0.1, 0.15) is 6.61 Å². The summed E-state index contributed by atoms with van der Waals surface area (Å²) in [6.07, 6.45) is 3.82. The Morgan fingerprint density at radius 1 is 0.971 bits per heavy atom. The molecule has 2 unspecified atom stereocenters. The highest BCUT2D eigenvalue weighted by molar-refractivity contribution is 5.80. The minimum Gasteiger partial charge on any atom is -0.481 e. The SMILES string of the molecule is CCCCC(CC(=O)O)NC(=O)CC(NC(=O)OCC1c2ccccc2-c2ccccc21)C1CC1. The van der Waals surface area contributed by atoms with Crippen LogP contribution < -0.4 is 10.6 Å². The number of nitrogens with one attached hydrogen (secondary N) is 2. The van der Waals surface area contributed by atoms with Gasteiger partial charge in [-0.05, 0) is 47.4 Å². The molecule has 0 aromatic heterocycles. The smallest absolute Gasteiger partial charge is 0.407 e. The van der Waals surface area contributed by atoms with Gasteiger partial charge >= 0.3 is 12.1 Å². The van der Waals surface area contributed by atoms with Crippen LogP contribution in [0.4, 0.5) is 4.79 Å². The second-order valence-corrected chi connectivity index (χ2v) is 9.62. The molecular weight excluding hydrogens is 444 g/mol. The number of hydrogen-bond acceptors (Lipinski definition) is 4. The number of carbonyl (C=O) groups is 3. The molecule has 186 valence electrons. The van der Waals surface area contributed by atoms with Crippen molar-refractivity contribution < 1.29 is 24.2 Å². The summed E-state index contributed by atoms with van der Waals surface area (Å²) in [4.78, 5) is 36.5. The van der Waals surface area contributed by atoms with Crippen molar-refractivity contribution in [1.82, 2.24) is 10.6 Å². The van der Waals surface area contributed by atoms with Crippen LogP contribution in [0.5, 0.6) is 0 Å². The first kappa shape index (κ1) is 24.8. The zero-order chi connectivity index (χ0) is 24.8. The number of carbonyl (C=O) groups excluding carboxylic acids is 2. The number of unbranched alkanes of at least 4 members (excludes halogenated alkanes) is 1. The first-order valence-corrected chi connectivity index (χ1v) is 12.6. The Balaban J connectivity index is 1.33. The topological polar surface area (TPSA) is 105 Å². The van der Waals surface area contributed by atoms with Crippen molar-refractivity contribution in [3.05, 3.63) is 59.7 Å². The molecule has 1 saturated carbocycles.